The van der Waals surface area contributed by atoms with Gasteiger partial charge in [-0.2, -0.15) is 5.10 Å². The Hall–Kier alpha value is -3.23. The van der Waals surface area contributed by atoms with Gasteiger partial charge in [-0.25, -0.2) is 9.89 Å². The Balaban J connectivity index is 1.64. The van der Waals surface area contributed by atoms with Crippen LogP contribution in [0.3, 0.4) is 0 Å². The van der Waals surface area contributed by atoms with E-state index in [1.165, 1.54) is 6.92 Å². The molecule has 1 saturated heterocycles. The van der Waals surface area contributed by atoms with Gasteiger partial charge in [0.1, 0.15) is 0 Å². The minimum Gasteiger partial charge on any atom is -0.466 e. The van der Waals surface area contributed by atoms with E-state index in [0.29, 0.717) is 43.3 Å². The second kappa shape index (κ2) is 8.85. The van der Waals surface area contributed by atoms with Crippen LogP contribution >= 0.6 is 0 Å². The topological polar surface area (TPSA) is 119 Å². The third kappa shape index (κ3) is 4.44. The molecule has 0 radical (unpaired) electrons. The lowest BCUT2D eigenvalue weighted by atomic mass is 9.97. The Kier molecular flexibility index (Phi) is 6.26. The number of ether oxygens (including phenoxy) is 2. The first kappa shape index (κ1) is 20.5. The summed E-state index contributed by atoms with van der Waals surface area (Å²) in [6.45, 7) is 4.37. The fourth-order valence-corrected chi connectivity index (χ4v) is 3.39. The van der Waals surface area contributed by atoms with E-state index >= 15 is 0 Å². The van der Waals surface area contributed by atoms with Crippen LogP contribution in [0.5, 0.6) is 0 Å². The van der Waals surface area contributed by atoms with Gasteiger partial charge in [0.25, 0.3) is 11.5 Å². The van der Waals surface area contributed by atoms with E-state index in [4.69, 9.17) is 9.47 Å². The molecule has 1 fully saturated rings. The van der Waals surface area contributed by atoms with Crippen LogP contribution < -0.4 is 5.56 Å². The summed E-state index contributed by atoms with van der Waals surface area (Å²) in [6, 6.07) is 6.54. The van der Waals surface area contributed by atoms with E-state index < -0.39 is 17.6 Å². The van der Waals surface area contributed by atoms with Gasteiger partial charge < -0.3 is 14.4 Å². The van der Waals surface area contributed by atoms with E-state index in [1.54, 1.807) is 36.1 Å². The number of likely N-dealkylation sites (tertiary alicyclic amines) is 1. The molecule has 3 rings (SSSR count). The Morgan fingerprint density at radius 1 is 1.21 bits per heavy atom. The van der Waals surface area contributed by atoms with Gasteiger partial charge in [-0.3, -0.25) is 14.4 Å². The van der Waals surface area contributed by atoms with Crippen molar-refractivity contribution in [1.82, 2.24) is 15.1 Å². The van der Waals surface area contributed by atoms with Crippen molar-refractivity contribution in [2.45, 2.75) is 32.8 Å². The van der Waals surface area contributed by atoms with Crippen molar-refractivity contribution in [2.24, 2.45) is 5.92 Å². The average molecular weight is 401 g/mol. The maximum absolute atomic E-state index is 12.6. The zero-order valence-corrected chi connectivity index (χ0v) is 16.3. The zero-order chi connectivity index (χ0) is 21.0. The van der Waals surface area contributed by atoms with E-state index in [2.05, 4.69) is 10.2 Å². The van der Waals surface area contributed by atoms with Crippen molar-refractivity contribution in [1.29, 1.82) is 0 Å². The molecule has 9 heteroatoms. The predicted octanol–water partition coefficient (Wildman–Crippen LogP) is 1.27. The second-order valence-corrected chi connectivity index (χ2v) is 6.85. The highest BCUT2D eigenvalue weighted by Crippen LogP contribution is 2.20. The van der Waals surface area contributed by atoms with Crippen molar-refractivity contribution < 1.29 is 23.9 Å². The third-order valence-electron chi connectivity index (χ3n) is 4.95. The maximum Gasteiger partial charge on any atom is 0.360 e. The largest absolute Gasteiger partial charge is 0.466 e. The Morgan fingerprint density at radius 3 is 2.52 bits per heavy atom. The SMILES string of the molecule is CCOC(=O)C1CCN(C(=O)C(C)OC(=O)c2n[nH]c(=O)c3ccccc23)CC1. The number of nitrogens with one attached hydrogen (secondary N) is 1. The number of carbonyl (C=O) groups is 3. The first-order valence-corrected chi connectivity index (χ1v) is 9.56. The van der Waals surface area contributed by atoms with Crippen LogP contribution in [0.25, 0.3) is 10.8 Å². The number of carbonyl (C=O) groups excluding carboxylic acids is 3. The summed E-state index contributed by atoms with van der Waals surface area (Å²) in [7, 11) is 0. The summed E-state index contributed by atoms with van der Waals surface area (Å²) >= 11 is 0. The van der Waals surface area contributed by atoms with Gasteiger partial charge in [-0.05, 0) is 32.8 Å². The maximum atomic E-state index is 12.6. The predicted molar refractivity (Wildman–Crippen MR) is 103 cm³/mol. The summed E-state index contributed by atoms with van der Waals surface area (Å²) in [6.07, 6.45) is 0.00321. The first-order valence-electron chi connectivity index (χ1n) is 9.56. The fourth-order valence-electron chi connectivity index (χ4n) is 3.39. The molecular weight excluding hydrogens is 378 g/mol. The molecule has 1 aliphatic rings. The Labute approximate surface area is 167 Å². The number of hydrogen-bond acceptors (Lipinski definition) is 7. The highest BCUT2D eigenvalue weighted by molar-refractivity contribution is 6.02. The lowest BCUT2D eigenvalue weighted by molar-refractivity contribution is -0.152. The Morgan fingerprint density at radius 2 is 1.86 bits per heavy atom. The van der Waals surface area contributed by atoms with Gasteiger partial charge in [-0.15, -0.1) is 0 Å². The third-order valence-corrected chi connectivity index (χ3v) is 4.95. The number of piperidine rings is 1. The van der Waals surface area contributed by atoms with Crippen molar-refractivity contribution in [2.75, 3.05) is 19.7 Å². The summed E-state index contributed by atoms with van der Waals surface area (Å²) in [5.41, 5.74) is -0.466. The standard InChI is InChI=1S/C20H23N3O6/c1-3-28-19(26)13-8-10-23(11-9-13)18(25)12(2)29-20(27)16-14-6-4-5-7-15(14)17(24)22-21-16/h4-7,12-13H,3,8-11H2,1-2H3,(H,22,24). The molecule has 0 saturated carbocycles. The van der Waals surface area contributed by atoms with Gasteiger partial charge in [0.05, 0.1) is 17.9 Å². The van der Waals surface area contributed by atoms with Crippen molar-refractivity contribution in [3.63, 3.8) is 0 Å². The molecular formula is C20H23N3O6. The van der Waals surface area contributed by atoms with Crippen LogP contribution in [-0.4, -0.2) is 58.7 Å². The van der Waals surface area contributed by atoms with Gasteiger partial charge >= 0.3 is 11.9 Å². The van der Waals surface area contributed by atoms with E-state index in [1.807, 2.05) is 0 Å². The van der Waals surface area contributed by atoms with E-state index in [-0.39, 0.29) is 23.5 Å². The highest BCUT2D eigenvalue weighted by Gasteiger charge is 2.31. The van der Waals surface area contributed by atoms with Crippen molar-refractivity contribution >= 4 is 28.6 Å². The minimum absolute atomic E-state index is 0.0548. The molecule has 1 unspecified atom stereocenters. The van der Waals surface area contributed by atoms with E-state index in [9.17, 15) is 19.2 Å². The fraction of sp³-hybridized carbons (Fsp3) is 0.450. The monoisotopic (exact) mass is 401 g/mol. The van der Waals surface area contributed by atoms with Crippen molar-refractivity contribution in [3.8, 4) is 0 Å². The van der Waals surface area contributed by atoms with Crippen LogP contribution in [0.4, 0.5) is 0 Å². The number of aromatic nitrogens is 2. The van der Waals surface area contributed by atoms with Crippen LogP contribution in [0.15, 0.2) is 29.1 Å². The quantitative estimate of drug-likeness (QED) is 0.750. The average Bonchev–Trinajstić information content (AvgIpc) is 2.73. The molecule has 1 amide bonds. The Bertz CT molecular complexity index is 978. The number of rotatable bonds is 5. The molecule has 1 aliphatic heterocycles. The van der Waals surface area contributed by atoms with Crippen molar-refractivity contribution in [3.05, 3.63) is 40.3 Å². The highest BCUT2D eigenvalue weighted by atomic mass is 16.5. The molecule has 0 bridgehead atoms. The van der Waals surface area contributed by atoms with Crippen LogP contribution in [0, 0.1) is 5.92 Å². The van der Waals surface area contributed by atoms with Gasteiger partial charge in [0.15, 0.2) is 11.8 Å². The summed E-state index contributed by atoms with van der Waals surface area (Å²) < 4.78 is 10.3. The molecule has 1 aromatic heterocycles. The van der Waals surface area contributed by atoms with Gasteiger partial charge in [0.2, 0.25) is 0 Å². The number of esters is 2. The smallest absolute Gasteiger partial charge is 0.360 e. The molecule has 1 aromatic carbocycles. The number of aromatic amines is 1. The lowest BCUT2D eigenvalue weighted by Gasteiger charge is -2.32. The molecule has 154 valence electrons. The number of hydrogen-bond donors (Lipinski definition) is 1. The molecule has 2 heterocycles. The number of amides is 1. The van der Waals surface area contributed by atoms with Gasteiger partial charge in [-0.1, -0.05) is 18.2 Å². The molecule has 2 aromatic rings. The minimum atomic E-state index is -1.02. The number of benzene rings is 1. The van der Waals surface area contributed by atoms with Crippen LogP contribution in [0.1, 0.15) is 37.2 Å². The van der Waals surface area contributed by atoms with Crippen LogP contribution in [-0.2, 0) is 19.1 Å². The van der Waals surface area contributed by atoms with Crippen LogP contribution in [0.2, 0.25) is 0 Å². The lowest BCUT2D eigenvalue weighted by Crippen LogP contribution is -2.45. The van der Waals surface area contributed by atoms with Gasteiger partial charge in [0, 0.05) is 18.5 Å². The zero-order valence-electron chi connectivity index (χ0n) is 16.3. The molecule has 29 heavy (non-hydrogen) atoms. The summed E-state index contributed by atoms with van der Waals surface area (Å²) in [5, 5.41) is 6.73. The number of nitrogens with zero attached hydrogens (tertiary/aromatic N) is 2. The molecule has 9 nitrogen and oxygen atoms in total. The normalized spacial score (nSPS) is 15.7. The van der Waals surface area contributed by atoms with E-state index in [0.717, 1.165) is 0 Å². The summed E-state index contributed by atoms with van der Waals surface area (Å²) in [5.74, 6) is -1.59. The molecule has 1 N–H and O–H groups in total. The summed E-state index contributed by atoms with van der Waals surface area (Å²) in [4.78, 5) is 50.4. The number of H-pyrrole nitrogens is 1. The number of fused-ring (bicyclic) bond motifs is 1. The molecule has 0 aliphatic carbocycles. The molecule has 1 atom stereocenters. The first-order chi connectivity index (χ1) is 13.9. The second-order valence-electron chi connectivity index (χ2n) is 6.85. The molecule has 0 spiro atoms.